The topological polar surface area (TPSA) is 192 Å². The Kier molecular flexibility index (Phi) is 15.4. The van der Waals surface area contributed by atoms with Gasteiger partial charge >= 0.3 is 0 Å². The van der Waals surface area contributed by atoms with E-state index >= 15 is 0 Å². The van der Waals surface area contributed by atoms with E-state index in [1.807, 2.05) is 44.2 Å². The van der Waals surface area contributed by atoms with Crippen LogP contribution in [0.5, 0.6) is 11.5 Å². The van der Waals surface area contributed by atoms with Crippen molar-refractivity contribution < 1.29 is 38.6 Å². The molecule has 1 aliphatic carbocycles. The lowest BCUT2D eigenvalue weighted by molar-refractivity contribution is -0.136. The molecule has 1 saturated carbocycles. The van der Waals surface area contributed by atoms with Crippen molar-refractivity contribution in [2.24, 2.45) is 11.8 Å². The van der Waals surface area contributed by atoms with Crippen LogP contribution < -0.4 is 31.3 Å². The molecule has 2 heterocycles. The number of carbonyl (C=O) groups is 6. The predicted octanol–water partition coefficient (Wildman–Crippen LogP) is 3.97. The van der Waals surface area contributed by atoms with Crippen molar-refractivity contribution in [3.63, 3.8) is 0 Å². The summed E-state index contributed by atoms with van der Waals surface area (Å²) < 4.78 is 6.12. The molecule has 6 atom stereocenters. The molecular weight excluding hydrogens is 727 g/mol. The number of carbonyl (C=O) groups excluding carboxylic acids is 6. The number of nitrogens with one attached hydrogen (secondary N) is 5. The number of ketones is 1. The molecular formula is C44H55N5O8. The van der Waals surface area contributed by atoms with Gasteiger partial charge in [0, 0.05) is 12.3 Å². The van der Waals surface area contributed by atoms with Crippen molar-refractivity contribution in [1.29, 1.82) is 0 Å². The van der Waals surface area contributed by atoms with Crippen molar-refractivity contribution in [2.75, 3.05) is 6.54 Å². The molecule has 6 unspecified atom stereocenters. The minimum Gasteiger partial charge on any atom is -0.457 e. The van der Waals surface area contributed by atoms with E-state index in [4.69, 9.17) is 4.74 Å². The molecule has 6 rings (SSSR count). The minimum absolute atomic E-state index is 0.0372. The number of aliphatic hydroxyl groups is 1. The fraction of sp³-hybridized carbons (Fsp3) is 0.455. The van der Waals surface area contributed by atoms with E-state index in [0.29, 0.717) is 35.5 Å². The number of hydrogen-bond acceptors (Lipinski definition) is 8. The third-order valence-corrected chi connectivity index (χ3v) is 10.7. The summed E-state index contributed by atoms with van der Waals surface area (Å²) in [6.07, 6.45) is 3.83. The largest absolute Gasteiger partial charge is 0.457 e. The van der Waals surface area contributed by atoms with Crippen LogP contribution in [0.15, 0.2) is 78.9 Å². The second-order valence-electron chi connectivity index (χ2n) is 15.2. The number of rotatable bonds is 12. The van der Waals surface area contributed by atoms with Gasteiger partial charge in [0.2, 0.25) is 23.6 Å². The first-order valence-electron chi connectivity index (χ1n) is 20.0. The minimum atomic E-state index is -1.75. The summed E-state index contributed by atoms with van der Waals surface area (Å²) in [5, 5.41) is 25.0. The zero-order chi connectivity index (χ0) is 40.9. The molecule has 57 heavy (non-hydrogen) atoms. The van der Waals surface area contributed by atoms with Crippen molar-refractivity contribution in [3.8, 4) is 11.5 Å². The highest BCUT2D eigenvalue weighted by Crippen LogP contribution is 2.28. The van der Waals surface area contributed by atoms with Crippen LogP contribution >= 0.6 is 0 Å². The zero-order valence-electron chi connectivity index (χ0n) is 32.9. The molecule has 1 fully saturated rings. The third-order valence-electron chi connectivity index (χ3n) is 10.7. The van der Waals surface area contributed by atoms with Crippen LogP contribution in [0.3, 0.4) is 0 Å². The summed E-state index contributed by atoms with van der Waals surface area (Å²) >= 11 is 0. The quantitative estimate of drug-likeness (QED) is 0.159. The van der Waals surface area contributed by atoms with E-state index < -0.39 is 66.4 Å². The highest BCUT2D eigenvalue weighted by molar-refractivity contribution is 5.94. The molecule has 0 saturated heterocycles. The van der Waals surface area contributed by atoms with Gasteiger partial charge in [-0.15, -0.1) is 0 Å². The summed E-state index contributed by atoms with van der Waals surface area (Å²) in [5.41, 5.74) is 2.21. The average Bonchev–Trinajstić information content (AvgIpc) is 3.21. The molecule has 0 radical (unpaired) electrons. The Bertz CT molecular complexity index is 1860. The predicted molar refractivity (Wildman–Crippen MR) is 214 cm³/mol. The maximum Gasteiger partial charge on any atom is 0.251 e. The van der Waals surface area contributed by atoms with Gasteiger partial charge < -0.3 is 36.4 Å². The van der Waals surface area contributed by atoms with Crippen LogP contribution in [0.1, 0.15) is 88.4 Å². The van der Waals surface area contributed by atoms with Crippen LogP contribution in [0, 0.1) is 11.8 Å². The SMILES string of the molecule is CCCC(NC(=O)C1Cc2cccc(c2)Oc2ccc(cc2)CC(C)C(=O)NC(C2CCCCC2)C(=O)N1)C(O)C(=O)NCC(=O)NC(C(C)=O)c1ccccc1. The summed E-state index contributed by atoms with van der Waals surface area (Å²) in [5.74, 6) is -2.65. The van der Waals surface area contributed by atoms with Crippen molar-refractivity contribution in [1.82, 2.24) is 26.6 Å². The van der Waals surface area contributed by atoms with Crippen LogP contribution in [-0.4, -0.2) is 71.2 Å². The molecule has 6 N–H and O–H groups in total. The van der Waals surface area contributed by atoms with E-state index in [9.17, 15) is 33.9 Å². The lowest BCUT2D eigenvalue weighted by Gasteiger charge is -2.32. The highest BCUT2D eigenvalue weighted by Gasteiger charge is 2.36. The molecule has 4 bridgehead atoms. The zero-order valence-corrected chi connectivity index (χ0v) is 32.9. The van der Waals surface area contributed by atoms with Crippen LogP contribution in [0.4, 0.5) is 0 Å². The van der Waals surface area contributed by atoms with Gasteiger partial charge in [-0.3, -0.25) is 28.8 Å². The fourth-order valence-corrected chi connectivity index (χ4v) is 7.51. The first-order valence-corrected chi connectivity index (χ1v) is 20.0. The van der Waals surface area contributed by atoms with Crippen LogP contribution in [0.2, 0.25) is 0 Å². The number of hydrogen-bond donors (Lipinski definition) is 6. The summed E-state index contributed by atoms with van der Waals surface area (Å²) in [4.78, 5) is 80.4. The van der Waals surface area contributed by atoms with Crippen molar-refractivity contribution in [3.05, 3.63) is 95.6 Å². The average molecular weight is 782 g/mol. The van der Waals surface area contributed by atoms with Gasteiger partial charge in [0.05, 0.1) is 12.6 Å². The molecule has 3 aromatic rings. The molecule has 13 nitrogen and oxygen atoms in total. The Labute approximate surface area is 334 Å². The number of amides is 5. The van der Waals surface area contributed by atoms with Crippen molar-refractivity contribution in [2.45, 2.75) is 109 Å². The van der Waals surface area contributed by atoms with E-state index in [1.165, 1.54) is 6.92 Å². The number of fused-ring (bicyclic) bond motifs is 10. The summed E-state index contributed by atoms with van der Waals surface area (Å²) in [7, 11) is 0. The van der Waals surface area contributed by atoms with E-state index in [1.54, 1.807) is 48.5 Å². The van der Waals surface area contributed by atoms with E-state index in [-0.39, 0.29) is 30.4 Å². The fourth-order valence-electron chi connectivity index (χ4n) is 7.51. The standard InChI is InChI=1S/C44H55N5O8/c1-4-12-35(40(52)44(56)45-26-37(51)48-38(28(3)50)31-14-7-5-8-15-31)46-42(54)36-25-30-13-11-18-34(24-30)57-33-21-19-29(20-22-33)23-27(2)41(53)49-39(43(55)47-36)32-16-9-6-10-17-32/h5,7-8,11,13-15,18-22,24,27,32,35-36,38-40,52H,4,6,9-10,12,16-17,23,25-26H2,1-3H3,(H,45,56)(H,46,54)(H,47,55)(H,48,51)(H,49,53). The molecule has 5 amide bonds. The van der Waals surface area contributed by atoms with Gasteiger partial charge in [0.15, 0.2) is 11.9 Å². The molecule has 3 aromatic carbocycles. The van der Waals surface area contributed by atoms with Crippen molar-refractivity contribution >= 4 is 35.3 Å². The maximum absolute atomic E-state index is 14.3. The Balaban J connectivity index is 1.35. The summed E-state index contributed by atoms with van der Waals surface area (Å²) in [6.45, 7) is 4.48. The Morgan fingerprint density at radius 3 is 2.23 bits per heavy atom. The number of Topliss-reactive ketones (excluding diaryl/α,β-unsaturated/α-hetero) is 1. The normalized spacial score (nSPS) is 20.7. The second-order valence-corrected chi connectivity index (χ2v) is 15.2. The lowest BCUT2D eigenvalue weighted by atomic mass is 9.83. The monoisotopic (exact) mass is 781 g/mol. The highest BCUT2D eigenvalue weighted by atomic mass is 16.5. The summed E-state index contributed by atoms with van der Waals surface area (Å²) in [6, 6.07) is 19.3. The third kappa shape index (κ3) is 12.2. The Hall–Kier alpha value is -5.56. The van der Waals surface area contributed by atoms with Gasteiger partial charge in [-0.05, 0) is 79.5 Å². The first-order chi connectivity index (χ1) is 27.4. The first kappa shape index (κ1) is 42.6. The molecule has 304 valence electrons. The molecule has 0 aromatic heterocycles. The maximum atomic E-state index is 14.3. The van der Waals surface area contributed by atoms with Crippen LogP contribution in [0.25, 0.3) is 0 Å². The molecule has 0 spiro atoms. The molecule has 3 aliphatic rings. The van der Waals surface area contributed by atoms with Gasteiger partial charge in [0.1, 0.15) is 29.6 Å². The lowest BCUT2D eigenvalue weighted by Crippen LogP contribution is -2.59. The molecule has 2 aliphatic heterocycles. The Morgan fingerprint density at radius 2 is 1.54 bits per heavy atom. The Morgan fingerprint density at radius 1 is 0.825 bits per heavy atom. The van der Waals surface area contributed by atoms with E-state index in [0.717, 1.165) is 37.7 Å². The number of benzene rings is 3. The van der Waals surface area contributed by atoms with Gasteiger partial charge in [-0.2, -0.15) is 0 Å². The van der Waals surface area contributed by atoms with Gasteiger partial charge in [0.25, 0.3) is 5.91 Å². The second kappa shape index (κ2) is 20.6. The van der Waals surface area contributed by atoms with Gasteiger partial charge in [-0.25, -0.2) is 0 Å². The number of aliphatic hydroxyl groups excluding tert-OH is 1. The molecule has 13 heteroatoms. The number of ether oxygens (including phenoxy) is 1. The smallest absolute Gasteiger partial charge is 0.251 e. The van der Waals surface area contributed by atoms with Crippen LogP contribution in [-0.2, 0) is 41.6 Å². The van der Waals surface area contributed by atoms with Gasteiger partial charge in [-0.1, -0.05) is 94.1 Å². The van der Waals surface area contributed by atoms with E-state index in [2.05, 4.69) is 26.6 Å².